The molecular weight excluding hydrogens is 362 g/mol. The van der Waals surface area contributed by atoms with Crippen molar-refractivity contribution in [2.45, 2.75) is 38.6 Å². The van der Waals surface area contributed by atoms with Gasteiger partial charge in [-0.1, -0.05) is 43.7 Å². The number of benzene rings is 2. The van der Waals surface area contributed by atoms with Gasteiger partial charge in [-0.2, -0.15) is 0 Å². The van der Waals surface area contributed by atoms with Crippen LogP contribution in [0.4, 0.5) is 5.69 Å². The second kappa shape index (κ2) is 10.1. The van der Waals surface area contributed by atoms with Crippen LogP contribution in [0.25, 0.3) is 0 Å². The lowest BCUT2D eigenvalue weighted by Crippen LogP contribution is -2.38. The number of hydrogen-bond acceptors (Lipinski definition) is 3. The fourth-order valence-electron chi connectivity index (χ4n) is 3.67. The van der Waals surface area contributed by atoms with Crippen LogP contribution in [0.15, 0.2) is 54.6 Å². The molecule has 0 aromatic heterocycles. The highest BCUT2D eigenvalue weighted by atomic mass is 16.2. The molecule has 29 heavy (non-hydrogen) atoms. The Morgan fingerprint density at radius 2 is 1.86 bits per heavy atom. The highest BCUT2D eigenvalue weighted by Gasteiger charge is 2.25. The van der Waals surface area contributed by atoms with Crippen molar-refractivity contribution in [3.63, 3.8) is 0 Å². The molecule has 2 aromatic carbocycles. The molecule has 0 radical (unpaired) electrons. The first-order valence-electron chi connectivity index (χ1n) is 10.5. The monoisotopic (exact) mass is 393 g/mol. The van der Waals surface area contributed by atoms with Gasteiger partial charge < -0.3 is 15.1 Å². The summed E-state index contributed by atoms with van der Waals surface area (Å²) in [6, 6.07) is 17.4. The van der Waals surface area contributed by atoms with Crippen LogP contribution in [0, 0.1) is 0 Å². The van der Waals surface area contributed by atoms with Crippen LogP contribution in [-0.2, 0) is 4.79 Å². The number of hydrogen-bond donors (Lipinski definition) is 1. The normalized spacial score (nSPS) is 14.7. The summed E-state index contributed by atoms with van der Waals surface area (Å²) < 4.78 is 0. The van der Waals surface area contributed by atoms with E-state index in [1.54, 1.807) is 0 Å². The molecule has 5 heteroatoms. The standard InChI is InChI=1S/C24H31N3O2/c1-3-4-16-26(2)21-14-12-20(13-15-21)24(29)25-22(19-9-6-5-7-10-19)18-27-17-8-11-23(27)28/h5-7,9-10,12-15,22H,3-4,8,11,16-18H2,1-2H3,(H,25,29)/t22-/m1/s1. The molecule has 1 heterocycles. The first-order chi connectivity index (χ1) is 14.1. The molecule has 0 unspecified atom stereocenters. The van der Waals surface area contributed by atoms with E-state index in [9.17, 15) is 9.59 Å². The highest BCUT2D eigenvalue weighted by molar-refractivity contribution is 5.94. The van der Waals surface area contributed by atoms with Gasteiger partial charge in [-0.3, -0.25) is 9.59 Å². The van der Waals surface area contributed by atoms with E-state index in [2.05, 4.69) is 24.2 Å². The maximum absolute atomic E-state index is 12.9. The Morgan fingerprint density at radius 3 is 2.48 bits per heavy atom. The predicted octanol–water partition coefficient (Wildman–Crippen LogP) is 4.02. The van der Waals surface area contributed by atoms with Crippen molar-refractivity contribution < 1.29 is 9.59 Å². The predicted molar refractivity (Wildman–Crippen MR) is 117 cm³/mol. The number of unbranched alkanes of at least 4 members (excludes halogenated alkanes) is 1. The van der Waals surface area contributed by atoms with Crippen molar-refractivity contribution in [2.75, 3.05) is 31.6 Å². The lowest BCUT2D eigenvalue weighted by molar-refractivity contribution is -0.128. The van der Waals surface area contributed by atoms with Crippen molar-refractivity contribution in [1.82, 2.24) is 10.2 Å². The number of rotatable bonds is 9. The lowest BCUT2D eigenvalue weighted by atomic mass is 10.1. The Bertz CT molecular complexity index is 805. The maximum Gasteiger partial charge on any atom is 0.251 e. The molecule has 5 nitrogen and oxygen atoms in total. The summed E-state index contributed by atoms with van der Waals surface area (Å²) in [5.74, 6) is 0.0490. The van der Waals surface area contributed by atoms with Gasteiger partial charge in [-0.05, 0) is 42.7 Å². The van der Waals surface area contributed by atoms with Crippen LogP contribution in [0.1, 0.15) is 54.6 Å². The number of nitrogens with one attached hydrogen (secondary N) is 1. The third-order valence-electron chi connectivity index (χ3n) is 5.50. The van der Waals surface area contributed by atoms with E-state index in [1.165, 1.54) is 0 Å². The average molecular weight is 394 g/mol. The molecule has 1 aliphatic rings. The second-order valence-corrected chi connectivity index (χ2v) is 7.70. The molecule has 2 aromatic rings. The van der Waals surface area contributed by atoms with Gasteiger partial charge in [0.15, 0.2) is 0 Å². The van der Waals surface area contributed by atoms with Crippen molar-refractivity contribution in [2.24, 2.45) is 0 Å². The summed E-state index contributed by atoms with van der Waals surface area (Å²) in [5, 5.41) is 3.13. The van der Waals surface area contributed by atoms with Crippen LogP contribution in [0.3, 0.4) is 0 Å². The Kier molecular flexibility index (Phi) is 7.28. The Morgan fingerprint density at radius 1 is 1.14 bits per heavy atom. The van der Waals surface area contributed by atoms with Crippen LogP contribution in [0.5, 0.6) is 0 Å². The second-order valence-electron chi connectivity index (χ2n) is 7.70. The van der Waals surface area contributed by atoms with Gasteiger partial charge in [0, 0.05) is 44.4 Å². The third kappa shape index (κ3) is 5.59. The van der Waals surface area contributed by atoms with Crippen molar-refractivity contribution >= 4 is 17.5 Å². The van der Waals surface area contributed by atoms with E-state index in [-0.39, 0.29) is 17.9 Å². The molecule has 1 aliphatic heterocycles. The number of nitrogens with zero attached hydrogens (tertiary/aromatic N) is 2. The zero-order chi connectivity index (χ0) is 20.6. The Balaban J connectivity index is 1.70. The summed E-state index contributed by atoms with van der Waals surface area (Å²) in [5.41, 5.74) is 2.75. The highest BCUT2D eigenvalue weighted by Crippen LogP contribution is 2.20. The number of carbonyl (C=O) groups is 2. The lowest BCUT2D eigenvalue weighted by Gasteiger charge is -2.25. The Hall–Kier alpha value is -2.82. The van der Waals surface area contributed by atoms with E-state index in [0.717, 1.165) is 43.6 Å². The van der Waals surface area contributed by atoms with Crippen LogP contribution in [-0.4, -0.2) is 43.4 Å². The minimum atomic E-state index is -0.224. The molecule has 0 bridgehead atoms. The summed E-state index contributed by atoms with van der Waals surface area (Å²) in [6.07, 6.45) is 3.79. The number of anilines is 1. The van der Waals surface area contributed by atoms with Gasteiger partial charge in [0.05, 0.1) is 6.04 Å². The molecule has 0 aliphatic carbocycles. The van der Waals surface area contributed by atoms with Gasteiger partial charge in [0.1, 0.15) is 0 Å². The molecule has 1 N–H and O–H groups in total. The largest absolute Gasteiger partial charge is 0.375 e. The minimum Gasteiger partial charge on any atom is -0.375 e. The zero-order valence-electron chi connectivity index (χ0n) is 17.4. The molecular formula is C24H31N3O2. The van der Waals surface area contributed by atoms with Crippen molar-refractivity contribution in [3.05, 3.63) is 65.7 Å². The van der Waals surface area contributed by atoms with Gasteiger partial charge in [0.25, 0.3) is 5.91 Å². The first kappa shape index (κ1) is 20.9. The number of amides is 2. The zero-order valence-corrected chi connectivity index (χ0v) is 17.4. The van der Waals surface area contributed by atoms with Crippen LogP contribution in [0.2, 0.25) is 0 Å². The molecule has 1 atom stereocenters. The molecule has 0 spiro atoms. The van der Waals surface area contributed by atoms with Gasteiger partial charge in [-0.15, -0.1) is 0 Å². The van der Waals surface area contributed by atoms with Crippen LogP contribution < -0.4 is 10.2 Å². The van der Waals surface area contributed by atoms with E-state index in [0.29, 0.717) is 18.5 Å². The molecule has 1 saturated heterocycles. The van der Waals surface area contributed by atoms with E-state index in [1.807, 2.05) is 59.5 Å². The SMILES string of the molecule is CCCCN(C)c1ccc(C(=O)N[C@H](CN2CCCC2=O)c2ccccc2)cc1. The van der Waals surface area contributed by atoms with Crippen LogP contribution >= 0.6 is 0 Å². The topological polar surface area (TPSA) is 52.7 Å². The fraction of sp³-hybridized carbons (Fsp3) is 0.417. The summed E-state index contributed by atoms with van der Waals surface area (Å²) in [7, 11) is 2.07. The third-order valence-corrected chi connectivity index (χ3v) is 5.50. The summed E-state index contributed by atoms with van der Waals surface area (Å²) in [6.45, 7) is 4.45. The summed E-state index contributed by atoms with van der Waals surface area (Å²) in [4.78, 5) is 29.0. The number of carbonyl (C=O) groups excluding carboxylic acids is 2. The van der Waals surface area contributed by atoms with Crippen molar-refractivity contribution in [3.8, 4) is 0 Å². The smallest absolute Gasteiger partial charge is 0.251 e. The average Bonchev–Trinajstić information content (AvgIpc) is 3.16. The molecule has 2 amide bonds. The maximum atomic E-state index is 12.9. The van der Waals surface area contributed by atoms with Gasteiger partial charge in [0.2, 0.25) is 5.91 Å². The van der Waals surface area contributed by atoms with E-state index < -0.39 is 0 Å². The number of likely N-dealkylation sites (tertiary alicyclic amines) is 1. The van der Waals surface area contributed by atoms with Gasteiger partial charge >= 0.3 is 0 Å². The Labute approximate surface area is 173 Å². The van der Waals surface area contributed by atoms with E-state index in [4.69, 9.17) is 0 Å². The molecule has 1 fully saturated rings. The van der Waals surface area contributed by atoms with Crippen molar-refractivity contribution in [1.29, 1.82) is 0 Å². The summed E-state index contributed by atoms with van der Waals surface area (Å²) >= 11 is 0. The first-order valence-corrected chi connectivity index (χ1v) is 10.5. The minimum absolute atomic E-state index is 0.117. The molecule has 154 valence electrons. The fourth-order valence-corrected chi connectivity index (χ4v) is 3.67. The quantitative estimate of drug-likeness (QED) is 0.700. The molecule has 3 rings (SSSR count). The molecule has 0 saturated carbocycles. The van der Waals surface area contributed by atoms with E-state index >= 15 is 0 Å². The van der Waals surface area contributed by atoms with Gasteiger partial charge in [-0.25, -0.2) is 0 Å².